The fourth-order valence-electron chi connectivity index (χ4n) is 6.70. The Morgan fingerprint density at radius 2 is 1.76 bits per heavy atom. The summed E-state index contributed by atoms with van der Waals surface area (Å²) in [5.41, 5.74) is 3.50. The van der Waals surface area contributed by atoms with Gasteiger partial charge in [0.2, 0.25) is 16.0 Å². The molecule has 7 rings (SSSR count). The molecule has 0 bridgehead atoms. The number of nitrogens with zero attached hydrogens (tertiary/aromatic N) is 6. The fraction of sp³-hybridized carbons (Fsp3) is 0.419. The first kappa shape index (κ1) is 29.6. The Kier molecular flexibility index (Phi) is 7.08. The van der Waals surface area contributed by atoms with Crippen molar-refractivity contribution >= 4 is 50.1 Å². The Labute approximate surface area is 265 Å². The summed E-state index contributed by atoms with van der Waals surface area (Å²) in [5.74, 6) is 1.90. The summed E-state index contributed by atoms with van der Waals surface area (Å²) in [5, 5.41) is 3.87. The Hall–Kier alpha value is -4.10. The average molecular weight is 649 g/mol. The van der Waals surface area contributed by atoms with E-state index in [-0.39, 0.29) is 22.4 Å². The van der Waals surface area contributed by atoms with Crippen LogP contribution < -0.4 is 20.5 Å². The molecule has 12 nitrogen and oxygen atoms in total. The lowest BCUT2D eigenvalue weighted by atomic mass is 10.0. The van der Waals surface area contributed by atoms with E-state index in [0.29, 0.717) is 40.3 Å². The molecular formula is C31H33ClN8O4S. The van der Waals surface area contributed by atoms with Crippen molar-refractivity contribution in [2.24, 2.45) is 11.8 Å². The average Bonchev–Trinajstić information content (AvgIpc) is 3.89. The van der Waals surface area contributed by atoms with Gasteiger partial charge >= 0.3 is 0 Å². The summed E-state index contributed by atoms with van der Waals surface area (Å²) < 4.78 is 27.3. The molecule has 14 heteroatoms. The molecule has 2 aliphatic carbocycles. The molecule has 1 unspecified atom stereocenters. The van der Waals surface area contributed by atoms with Crippen LogP contribution in [0, 0.1) is 25.7 Å². The van der Waals surface area contributed by atoms with Gasteiger partial charge in [-0.1, -0.05) is 17.7 Å². The van der Waals surface area contributed by atoms with Crippen LogP contribution in [0.25, 0.3) is 10.9 Å². The van der Waals surface area contributed by atoms with E-state index < -0.39 is 22.0 Å². The van der Waals surface area contributed by atoms with E-state index in [1.807, 2.05) is 54.6 Å². The maximum absolute atomic E-state index is 14.1. The van der Waals surface area contributed by atoms with Gasteiger partial charge in [-0.2, -0.15) is 0 Å². The van der Waals surface area contributed by atoms with E-state index in [0.717, 1.165) is 49.1 Å². The van der Waals surface area contributed by atoms with Crippen molar-refractivity contribution in [1.29, 1.82) is 0 Å². The summed E-state index contributed by atoms with van der Waals surface area (Å²) >= 11 is 6.06. The normalized spacial score (nSPS) is 21.4. The zero-order chi connectivity index (χ0) is 31.8. The molecule has 4 atom stereocenters. The number of rotatable bonds is 8. The van der Waals surface area contributed by atoms with Gasteiger partial charge in [0, 0.05) is 37.1 Å². The van der Waals surface area contributed by atoms with Crippen molar-refractivity contribution in [3.8, 4) is 0 Å². The highest BCUT2D eigenvalue weighted by atomic mass is 35.5. The number of carbonyl (C=O) groups excluding carboxylic acids is 1. The van der Waals surface area contributed by atoms with Crippen LogP contribution in [-0.4, -0.2) is 58.2 Å². The first-order chi connectivity index (χ1) is 21.4. The minimum absolute atomic E-state index is 0.0422. The third-order valence-corrected chi connectivity index (χ3v) is 9.69. The minimum Gasteiger partial charge on any atom is -0.377 e. The number of anilines is 2. The van der Waals surface area contributed by atoms with Crippen molar-refractivity contribution in [3.63, 3.8) is 0 Å². The van der Waals surface area contributed by atoms with E-state index in [2.05, 4.69) is 25.2 Å². The molecule has 1 aliphatic heterocycles. The number of amides is 1. The van der Waals surface area contributed by atoms with E-state index in [1.54, 1.807) is 6.07 Å². The summed E-state index contributed by atoms with van der Waals surface area (Å²) in [7, 11) is -3.83. The molecule has 234 valence electrons. The number of hydrogen-bond donors (Lipinski definition) is 2. The van der Waals surface area contributed by atoms with Crippen LogP contribution in [0.5, 0.6) is 0 Å². The third-order valence-electron chi connectivity index (χ3n) is 8.93. The number of halogens is 1. The quantitative estimate of drug-likeness (QED) is 0.269. The third kappa shape index (κ3) is 5.63. The van der Waals surface area contributed by atoms with Gasteiger partial charge in [-0.15, -0.1) is 0 Å². The predicted octanol–water partition coefficient (Wildman–Crippen LogP) is 3.90. The molecule has 1 saturated heterocycles. The van der Waals surface area contributed by atoms with Crippen LogP contribution >= 0.6 is 11.6 Å². The van der Waals surface area contributed by atoms with Crippen molar-refractivity contribution in [2.45, 2.75) is 51.6 Å². The van der Waals surface area contributed by atoms with Crippen LogP contribution in [0.4, 0.5) is 11.6 Å². The maximum Gasteiger partial charge on any atom is 0.285 e. The number of fused-ring (bicyclic) bond motifs is 2. The molecule has 3 aromatic heterocycles. The zero-order valence-corrected chi connectivity index (χ0v) is 26.9. The number of hydrogen-bond acceptors (Lipinski definition) is 10. The monoisotopic (exact) mass is 648 g/mol. The van der Waals surface area contributed by atoms with Crippen molar-refractivity contribution in [1.82, 2.24) is 29.2 Å². The highest BCUT2D eigenvalue weighted by molar-refractivity contribution is 7.89. The van der Waals surface area contributed by atoms with Gasteiger partial charge in [-0.05, 0) is 80.7 Å². The standard InChI is InChI=1S/C31H33ClN8O4S/c1-15-9-20(16(2)35-24-7-8-25(32)36-28(24)29(41)38-45(4,43)44)27-21(10-15)30(42)40(19-5-6-19)31(37-27)39-13-22-23(14-39)26(22)18-11-33-17(3)34-12-18/h7-12,16,19,22-23,26,35H,5-6,13-14H2,1-4H3,(H,38,41)/t16-,22-,23+,26?/m1/s1. The number of benzene rings is 1. The van der Waals surface area contributed by atoms with E-state index in [9.17, 15) is 18.0 Å². The lowest BCUT2D eigenvalue weighted by Crippen LogP contribution is -2.33. The number of sulfonamides is 1. The molecule has 3 aliphatic rings. The molecule has 0 spiro atoms. The zero-order valence-electron chi connectivity index (χ0n) is 25.3. The Morgan fingerprint density at radius 1 is 1.07 bits per heavy atom. The summed E-state index contributed by atoms with van der Waals surface area (Å²) in [6, 6.07) is 6.65. The van der Waals surface area contributed by atoms with Crippen LogP contribution in [0.2, 0.25) is 5.15 Å². The summed E-state index contributed by atoms with van der Waals surface area (Å²) in [6.07, 6.45) is 6.65. The molecule has 45 heavy (non-hydrogen) atoms. The molecule has 2 saturated carbocycles. The first-order valence-corrected chi connectivity index (χ1v) is 17.2. The van der Waals surface area contributed by atoms with Crippen molar-refractivity contribution in [3.05, 3.63) is 80.4 Å². The molecule has 2 N–H and O–H groups in total. The van der Waals surface area contributed by atoms with Gasteiger partial charge in [0.1, 0.15) is 11.0 Å². The second kappa shape index (κ2) is 10.8. The SMILES string of the molecule is Cc1cc([C@@H](C)Nc2ccc(Cl)nc2C(=O)NS(C)(=O)=O)c2nc(N3C[C@@H]4C(c5cnc(C)nc5)[C@@H]4C3)n(C3CC3)c(=O)c2c1. The van der Waals surface area contributed by atoms with E-state index in [4.69, 9.17) is 16.6 Å². The minimum atomic E-state index is -3.83. The molecule has 4 aromatic rings. The first-order valence-electron chi connectivity index (χ1n) is 14.9. The van der Waals surface area contributed by atoms with Crippen LogP contribution in [0.3, 0.4) is 0 Å². The molecule has 0 radical (unpaired) electrons. The van der Waals surface area contributed by atoms with Gasteiger partial charge in [-0.3, -0.25) is 14.2 Å². The van der Waals surface area contributed by atoms with E-state index >= 15 is 0 Å². The molecule has 1 aromatic carbocycles. The molecule has 4 heterocycles. The highest BCUT2D eigenvalue weighted by Gasteiger charge is 2.57. The Bertz CT molecular complexity index is 2020. The summed E-state index contributed by atoms with van der Waals surface area (Å²) in [6.45, 7) is 7.32. The predicted molar refractivity (Wildman–Crippen MR) is 171 cm³/mol. The number of pyridine rings is 1. The fourth-order valence-corrected chi connectivity index (χ4v) is 7.28. The summed E-state index contributed by atoms with van der Waals surface area (Å²) in [4.78, 5) is 47.2. The van der Waals surface area contributed by atoms with Crippen LogP contribution in [0.1, 0.15) is 70.8 Å². The number of piperidine rings is 1. The topological polar surface area (TPSA) is 152 Å². The van der Waals surface area contributed by atoms with E-state index in [1.165, 1.54) is 11.6 Å². The Balaban J connectivity index is 1.24. The Morgan fingerprint density at radius 3 is 2.40 bits per heavy atom. The van der Waals surface area contributed by atoms with Gasteiger partial charge in [0.25, 0.3) is 11.5 Å². The van der Waals surface area contributed by atoms with Gasteiger partial charge in [-0.25, -0.2) is 33.1 Å². The van der Waals surface area contributed by atoms with Crippen molar-refractivity contribution in [2.75, 3.05) is 29.6 Å². The number of nitrogens with one attached hydrogen (secondary N) is 2. The van der Waals surface area contributed by atoms with Gasteiger partial charge in [0.15, 0.2) is 5.69 Å². The second-order valence-electron chi connectivity index (χ2n) is 12.5. The van der Waals surface area contributed by atoms with Crippen molar-refractivity contribution < 1.29 is 13.2 Å². The lowest BCUT2D eigenvalue weighted by Gasteiger charge is -2.26. The molecular weight excluding hydrogens is 616 g/mol. The van der Waals surface area contributed by atoms with Crippen LogP contribution in [0.15, 0.2) is 41.5 Å². The van der Waals surface area contributed by atoms with Crippen LogP contribution in [-0.2, 0) is 10.0 Å². The molecule has 1 amide bonds. The number of aryl methyl sites for hydroxylation is 2. The lowest BCUT2D eigenvalue weighted by molar-refractivity contribution is 0.0977. The maximum atomic E-state index is 14.1. The highest BCUT2D eigenvalue weighted by Crippen LogP contribution is 2.58. The second-order valence-corrected chi connectivity index (χ2v) is 14.6. The number of aromatic nitrogens is 5. The largest absolute Gasteiger partial charge is 0.377 e. The number of carbonyl (C=O) groups is 1. The smallest absolute Gasteiger partial charge is 0.285 e. The van der Waals surface area contributed by atoms with Gasteiger partial charge in [0.05, 0.1) is 28.9 Å². The van der Waals surface area contributed by atoms with Gasteiger partial charge < -0.3 is 10.2 Å². The molecule has 3 fully saturated rings.